The smallest absolute Gasteiger partial charge is 0.247 e. The van der Waals surface area contributed by atoms with E-state index in [2.05, 4.69) is 20.3 Å². The minimum Gasteiger partial charge on any atom is -0.247 e. The van der Waals surface area contributed by atoms with Crippen LogP contribution in [0, 0.1) is 13.8 Å². The number of aromatic nitrogens is 5. The average Bonchev–Trinajstić information content (AvgIpc) is 3.14. The van der Waals surface area contributed by atoms with Gasteiger partial charge in [-0.2, -0.15) is 0 Å². The first-order chi connectivity index (χ1) is 15.2. The molecule has 0 bridgehead atoms. The van der Waals surface area contributed by atoms with Crippen LogP contribution in [-0.4, -0.2) is 39.4 Å². The van der Waals surface area contributed by atoms with E-state index in [9.17, 15) is 13.2 Å². The van der Waals surface area contributed by atoms with Crippen LogP contribution in [0.1, 0.15) is 11.4 Å². The standard InChI is InChI=1S/C20H18ClN7O3S/c1-13-11-14(2)23-19(22-13)27(12-28-17-9-5-4-8-16(17)24-26-28)20(29)25-32(30,31)18-10-6-3-7-15(18)21/h3-11H,12H2,1-2H3,(H,25,29). The lowest BCUT2D eigenvalue weighted by molar-refractivity contribution is 0.248. The van der Waals surface area contributed by atoms with Crippen LogP contribution in [-0.2, 0) is 16.7 Å². The van der Waals surface area contributed by atoms with Gasteiger partial charge >= 0.3 is 6.03 Å². The molecule has 0 aliphatic rings. The van der Waals surface area contributed by atoms with Gasteiger partial charge in [-0.3, -0.25) is 0 Å². The summed E-state index contributed by atoms with van der Waals surface area (Å²) >= 11 is 6.02. The Labute approximate surface area is 188 Å². The summed E-state index contributed by atoms with van der Waals surface area (Å²) in [6, 6.07) is 13.8. The molecule has 0 fully saturated rings. The van der Waals surface area contributed by atoms with Crippen LogP contribution in [0.15, 0.2) is 59.5 Å². The van der Waals surface area contributed by atoms with Gasteiger partial charge in [0.1, 0.15) is 17.1 Å². The van der Waals surface area contributed by atoms with Crippen LogP contribution >= 0.6 is 11.6 Å². The Balaban J connectivity index is 1.73. The zero-order chi connectivity index (χ0) is 22.9. The Morgan fingerprint density at radius 3 is 2.44 bits per heavy atom. The maximum atomic E-state index is 13.2. The van der Waals surface area contributed by atoms with Crippen LogP contribution in [0.5, 0.6) is 0 Å². The number of urea groups is 1. The minimum atomic E-state index is -4.26. The first-order valence-corrected chi connectivity index (χ1v) is 11.3. The summed E-state index contributed by atoms with van der Waals surface area (Å²) in [7, 11) is -4.26. The van der Waals surface area contributed by atoms with Gasteiger partial charge in [-0.25, -0.2) is 37.5 Å². The number of aryl methyl sites for hydroxylation is 2. The molecule has 0 aliphatic carbocycles. The number of anilines is 1. The summed E-state index contributed by atoms with van der Waals surface area (Å²) in [5.74, 6) is 0.0222. The summed E-state index contributed by atoms with van der Waals surface area (Å²) in [6.45, 7) is 3.33. The normalized spacial score (nSPS) is 11.5. The number of fused-ring (bicyclic) bond motifs is 1. The Morgan fingerprint density at radius 1 is 1.06 bits per heavy atom. The van der Waals surface area contributed by atoms with E-state index in [4.69, 9.17) is 11.6 Å². The predicted octanol–water partition coefficient (Wildman–Crippen LogP) is 3.05. The number of para-hydroxylation sites is 1. The van der Waals surface area contributed by atoms with E-state index in [0.717, 1.165) is 4.90 Å². The molecule has 0 saturated carbocycles. The molecule has 0 unspecified atom stereocenters. The van der Waals surface area contributed by atoms with Gasteiger partial charge in [-0.1, -0.05) is 41.1 Å². The quantitative estimate of drug-likeness (QED) is 0.474. The second kappa shape index (κ2) is 8.52. The largest absolute Gasteiger partial charge is 0.339 e. The molecule has 2 heterocycles. The highest BCUT2D eigenvalue weighted by atomic mass is 35.5. The van der Waals surface area contributed by atoms with Crippen molar-refractivity contribution in [1.29, 1.82) is 0 Å². The van der Waals surface area contributed by atoms with Crippen molar-refractivity contribution in [2.45, 2.75) is 25.4 Å². The number of benzene rings is 2. The third-order valence-corrected chi connectivity index (χ3v) is 6.32. The fraction of sp³-hybridized carbons (Fsp3) is 0.150. The van der Waals surface area contributed by atoms with Crippen LogP contribution < -0.4 is 9.62 Å². The molecular formula is C20H18ClN7O3S. The average molecular weight is 472 g/mol. The highest BCUT2D eigenvalue weighted by Crippen LogP contribution is 2.21. The van der Waals surface area contributed by atoms with Gasteiger partial charge in [0.25, 0.3) is 10.0 Å². The van der Waals surface area contributed by atoms with Gasteiger partial charge in [0, 0.05) is 11.4 Å². The molecule has 0 radical (unpaired) electrons. The van der Waals surface area contributed by atoms with Crippen molar-refractivity contribution >= 4 is 44.6 Å². The lowest BCUT2D eigenvalue weighted by Gasteiger charge is -2.22. The highest BCUT2D eigenvalue weighted by Gasteiger charge is 2.27. The van der Waals surface area contributed by atoms with E-state index in [0.29, 0.717) is 22.4 Å². The lowest BCUT2D eigenvalue weighted by atomic mass is 10.3. The van der Waals surface area contributed by atoms with Crippen molar-refractivity contribution in [2.75, 3.05) is 4.90 Å². The van der Waals surface area contributed by atoms with Crippen molar-refractivity contribution in [1.82, 2.24) is 29.7 Å². The molecular weight excluding hydrogens is 454 g/mol. The van der Waals surface area contributed by atoms with E-state index in [-0.39, 0.29) is 22.5 Å². The minimum absolute atomic E-state index is 0.00993. The Bertz CT molecular complexity index is 1400. The molecule has 0 aliphatic heterocycles. The fourth-order valence-electron chi connectivity index (χ4n) is 3.09. The van der Waals surface area contributed by atoms with Crippen molar-refractivity contribution in [3.63, 3.8) is 0 Å². The molecule has 2 amide bonds. The van der Waals surface area contributed by atoms with Gasteiger partial charge in [0.2, 0.25) is 5.95 Å². The summed E-state index contributed by atoms with van der Waals surface area (Å²) in [4.78, 5) is 22.7. The molecule has 0 spiro atoms. The molecule has 4 aromatic rings. The number of carbonyl (C=O) groups excluding carboxylic acids is 1. The number of hydrogen-bond donors (Lipinski definition) is 1. The maximum absolute atomic E-state index is 13.2. The zero-order valence-electron chi connectivity index (χ0n) is 17.1. The first kappa shape index (κ1) is 21.7. The van der Waals surface area contributed by atoms with E-state index >= 15 is 0 Å². The highest BCUT2D eigenvalue weighted by molar-refractivity contribution is 7.90. The number of hydrogen-bond acceptors (Lipinski definition) is 7. The molecule has 2 aromatic carbocycles. The predicted molar refractivity (Wildman–Crippen MR) is 119 cm³/mol. The van der Waals surface area contributed by atoms with E-state index in [1.807, 2.05) is 16.9 Å². The summed E-state index contributed by atoms with van der Waals surface area (Å²) in [5.41, 5.74) is 2.51. The number of sulfonamides is 1. The molecule has 10 nitrogen and oxygen atoms in total. The number of carbonyl (C=O) groups is 1. The van der Waals surface area contributed by atoms with Crippen molar-refractivity contribution in [3.05, 3.63) is 71.0 Å². The number of halogens is 1. The van der Waals surface area contributed by atoms with Gasteiger partial charge < -0.3 is 0 Å². The van der Waals surface area contributed by atoms with Crippen LogP contribution in [0.2, 0.25) is 5.02 Å². The van der Waals surface area contributed by atoms with Gasteiger partial charge in [-0.15, -0.1) is 5.10 Å². The SMILES string of the molecule is Cc1cc(C)nc(N(Cn2nnc3ccccc32)C(=O)NS(=O)(=O)c2ccccc2Cl)n1. The summed E-state index contributed by atoms with van der Waals surface area (Å²) < 4.78 is 29.2. The maximum Gasteiger partial charge on any atom is 0.339 e. The van der Waals surface area contributed by atoms with Crippen LogP contribution in [0.25, 0.3) is 11.0 Å². The third-order valence-electron chi connectivity index (χ3n) is 4.50. The van der Waals surface area contributed by atoms with Crippen LogP contribution in [0.4, 0.5) is 10.7 Å². The number of rotatable bonds is 5. The van der Waals surface area contributed by atoms with E-state index in [1.54, 1.807) is 38.1 Å². The molecule has 2 aromatic heterocycles. The van der Waals surface area contributed by atoms with Gasteiger partial charge in [0.05, 0.1) is 10.5 Å². The van der Waals surface area contributed by atoms with Crippen LogP contribution in [0.3, 0.4) is 0 Å². The monoisotopic (exact) mass is 471 g/mol. The summed E-state index contributed by atoms with van der Waals surface area (Å²) in [6.07, 6.45) is 0. The molecule has 0 atom stereocenters. The first-order valence-electron chi connectivity index (χ1n) is 9.44. The molecule has 164 valence electrons. The van der Waals surface area contributed by atoms with Crippen molar-refractivity contribution in [2.24, 2.45) is 0 Å². The summed E-state index contributed by atoms with van der Waals surface area (Å²) in [5, 5.41) is 8.14. The fourth-order valence-corrected chi connectivity index (χ4v) is 4.56. The molecule has 0 saturated heterocycles. The second-order valence-corrected chi connectivity index (χ2v) is 9.00. The number of nitrogens with zero attached hydrogens (tertiary/aromatic N) is 6. The van der Waals surface area contributed by atoms with Gasteiger partial charge in [0.15, 0.2) is 0 Å². The topological polar surface area (TPSA) is 123 Å². The number of amides is 2. The Morgan fingerprint density at radius 2 is 1.72 bits per heavy atom. The molecule has 4 rings (SSSR count). The lowest BCUT2D eigenvalue weighted by Crippen LogP contribution is -2.45. The van der Waals surface area contributed by atoms with E-state index < -0.39 is 16.1 Å². The van der Waals surface area contributed by atoms with E-state index in [1.165, 1.54) is 22.9 Å². The Hall–Kier alpha value is -3.57. The Kier molecular flexibility index (Phi) is 5.76. The zero-order valence-corrected chi connectivity index (χ0v) is 18.7. The molecule has 12 heteroatoms. The van der Waals surface area contributed by atoms with Gasteiger partial charge in [-0.05, 0) is 44.2 Å². The molecule has 1 N–H and O–H groups in total. The molecule has 32 heavy (non-hydrogen) atoms. The second-order valence-electron chi connectivity index (χ2n) is 6.94. The van der Waals surface area contributed by atoms with Crippen molar-refractivity contribution in [3.8, 4) is 0 Å². The number of nitrogens with one attached hydrogen (secondary N) is 1. The van der Waals surface area contributed by atoms with Crippen molar-refractivity contribution < 1.29 is 13.2 Å². The third kappa shape index (κ3) is 4.39.